The number of halogens is 2. The van der Waals surface area contributed by atoms with E-state index in [2.05, 4.69) is 5.32 Å². The minimum absolute atomic E-state index is 0.148. The number of anilines is 1. The molecule has 20 heavy (non-hydrogen) atoms. The Kier molecular flexibility index (Phi) is 4.53. The van der Waals surface area contributed by atoms with Crippen LogP contribution in [0.15, 0.2) is 42.5 Å². The molecule has 0 spiro atoms. The van der Waals surface area contributed by atoms with Crippen LogP contribution in [0.2, 0.25) is 0 Å². The van der Waals surface area contributed by atoms with Crippen molar-refractivity contribution in [3.05, 3.63) is 59.7 Å². The molecule has 0 aliphatic heterocycles. The van der Waals surface area contributed by atoms with Gasteiger partial charge >= 0.3 is 0 Å². The molecule has 3 nitrogen and oxygen atoms in total. The second-order valence-corrected chi connectivity index (χ2v) is 4.33. The molecule has 0 saturated carbocycles. The molecule has 1 atom stereocenters. The summed E-state index contributed by atoms with van der Waals surface area (Å²) in [6.45, 7) is 0.148. The molecule has 2 rings (SSSR count). The monoisotopic (exact) mass is 279 g/mol. The second-order valence-electron chi connectivity index (χ2n) is 4.33. The summed E-state index contributed by atoms with van der Waals surface area (Å²) in [5.74, 6) is -0.626. The summed E-state index contributed by atoms with van der Waals surface area (Å²) in [5, 5.41) is 12.8. The van der Waals surface area contributed by atoms with Gasteiger partial charge in [-0.15, -0.1) is 0 Å². The molecule has 1 unspecified atom stereocenters. The first kappa shape index (κ1) is 14.3. The quantitative estimate of drug-likeness (QED) is 0.883. The van der Waals surface area contributed by atoms with E-state index in [1.807, 2.05) is 0 Å². The highest BCUT2D eigenvalue weighted by Crippen LogP contribution is 2.19. The van der Waals surface area contributed by atoms with E-state index in [9.17, 15) is 13.9 Å². The Labute approximate surface area is 115 Å². The molecule has 0 saturated heterocycles. The van der Waals surface area contributed by atoms with Crippen molar-refractivity contribution in [3.8, 4) is 5.75 Å². The van der Waals surface area contributed by atoms with Crippen molar-refractivity contribution >= 4 is 5.69 Å². The zero-order valence-electron chi connectivity index (χ0n) is 10.9. The minimum atomic E-state index is -0.785. The van der Waals surface area contributed by atoms with Crippen LogP contribution in [0, 0.1) is 11.6 Å². The van der Waals surface area contributed by atoms with Gasteiger partial charge in [-0.2, -0.15) is 0 Å². The molecule has 0 amide bonds. The van der Waals surface area contributed by atoms with Crippen molar-refractivity contribution in [1.82, 2.24) is 0 Å². The molecular weight excluding hydrogens is 264 g/mol. The van der Waals surface area contributed by atoms with Crippen LogP contribution in [0.3, 0.4) is 0 Å². The van der Waals surface area contributed by atoms with Crippen LogP contribution in [-0.4, -0.2) is 18.8 Å². The Bertz CT molecular complexity index is 552. The average Bonchev–Trinajstić information content (AvgIpc) is 2.44. The fraction of sp³-hybridized carbons (Fsp3) is 0.200. The van der Waals surface area contributed by atoms with Crippen molar-refractivity contribution < 1.29 is 18.6 Å². The number of benzene rings is 2. The predicted molar refractivity (Wildman–Crippen MR) is 72.8 cm³/mol. The topological polar surface area (TPSA) is 41.5 Å². The van der Waals surface area contributed by atoms with E-state index < -0.39 is 17.7 Å². The normalized spacial score (nSPS) is 12.0. The van der Waals surface area contributed by atoms with Crippen LogP contribution in [-0.2, 0) is 0 Å². The number of aliphatic hydroxyl groups is 1. The average molecular weight is 279 g/mol. The molecular formula is C15H15F2NO2. The minimum Gasteiger partial charge on any atom is -0.497 e. The number of hydrogen-bond donors (Lipinski definition) is 2. The van der Waals surface area contributed by atoms with E-state index in [0.717, 1.165) is 6.07 Å². The molecule has 0 aromatic heterocycles. The van der Waals surface area contributed by atoms with Crippen molar-refractivity contribution in [2.24, 2.45) is 0 Å². The molecule has 0 radical (unpaired) electrons. The Hall–Kier alpha value is -2.14. The maximum Gasteiger partial charge on any atom is 0.128 e. The summed E-state index contributed by atoms with van der Waals surface area (Å²) in [7, 11) is 1.56. The fourth-order valence-corrected chi connectivity index (χ4v) is 1.81. The molecule has 2 aromatic carbocycles. The van der Waals surface area contributed by atoms with Crippen molar-refractivity contribution in [2.75, 3.05) is 19.0 Å². The lowest BCUT2D eigenvalue weighted by Crippen LogP contribution is -2.12. The molecule has 2 aromatic rings. The summed E-state index contributed by atoms with van der Waals surface area (Å²) >= 11 is 0. The Morgan fingerprint density at radius 1 is 1.10 bits per heavy atom. The molecule has 0 aliphatic rings. The highest BCUT2D eigenvalue weighted by Gasteiger charge is 2.08. The highest BCUT2D eigenvalue weighted by molar-refractivity contribution is 5.44. The zero-order chi connectivity index (χ0) is 14.5. The van der Waals surface area contributed by atoms with Gasteiger partial charge in [0.2, 0.25) is 0 Å². The van der Waals surface area contributed by atoms with E-state index in [4.69, 9.17) is 4.74 Å². The summed E-state index contributed by atoms with van der Waals surface area (Å²) < 4.78 is 31.0. The highest BCUT2D eigenvalue weighted by atomic mass is 19.1. The smallest absolute Gasteiger partial charge is 0.128 e. The number of methoxy groups -OCH3 is 1. The third kappa shape index (κ3) is 3.68. The third-order valence-electron chi connectivity index (χ3n) is 2.86. The number of nitrogens with one attached hydrogen (secondary N) is 1. The Morgan fingerprint density at radius 3 is 2.25 bits per heavy atom. The second kappa shape index (κ2) is 6.34. The lowest BCUT2D eigenvalue weighted by molar-refractivity contribution is 0.191. The third-order valence-corrected chi connectivity index (χ3v) is 2.86. The Morgan fingerprint density at radius 2 is 1.70 bits per heavy atom. The van der Waals surface area contributed by atoms with Crippen molar-refractivity contribution in [3.63, 3.8) is 0 Å². The van der Waals surface area contributed by atoms with Gasteiger partial charge in [-0.05, 0) is 29.8 Å². The van der Waals surface area contributed by atoms with E-state index in [1.54, 1.807) is 31.4 Å². The van der Waals surface area contributed by atoms with Crippen LogP contribution < -0.4 is 10.1 Å². The van der Waals surface area contributed by atoms with Crippen LogP contribution >= 0.6 is 0 Å². The van der Waals surface area contributed by atoms with E-state index >= 15 is 0 Å². The molecule has 0 heterocycles. The number of rotatable bonds is 5. The van der Waals surface area contributed by atoms with Gasteiger partial charge in [0.1, 0.15) is 17.4 Å². The van der Waals surface area contributed by atoms with Crippen LogP contribution in [0.5, 0.6) is 5.75 Å². The first-order valence-electron chi connectivity index (χ1n) is 6.10. The van der Waals surface area contributed by atoms with E-state index in [-0.39, 0.29) is 12.2 Å². The summed E-state index contributed by atoms with van der Waals surface area (Å²) in [6.07, 6.45) is -0.785. The van der Waals surface area contributed by atoms with Crippen LogP contribution in [0.4, 0.5) is 14.5 Å². The fourth-order valence-electron chi connectivity index (χ4n) is 1.81. The van der Waals surface area contributed by atoms with Gasteiger partial charge in [-0.1, -0.05) is 12.1 Å². The molecule has 5 heteroatoms. The van der Waals surface area contributed by atoms with Gasteiger partial charge in [0.25, 0.3) is 0 Å². The maximum atomic E-state index is 13.0. The van der Waals surface area contributed by atoms with Gasteiger partial charge in [-0.25, -0.2) is 8.78 Å². The molecule has 106 valence electrons. The maximum absolute atomic E-state index is 13.0. The van der Waals surface area contributed by atoms with Crippen LogP contribution in [0.1, 0.15) is 11.7 Å². The number of ether oxygens (including phenoxy) is 1. The van der Waals surface area contributed by atoms with Crippen molar-refractivity contribution in [2.45, 2.75) is 6.10 Å². The Balaban J connectivity index is 1.98. The zero-order valence-corrected chi connectivity index (χ0v) is 10.9. The van der Waals surface area contributed by atoms with Gasteiger partial charge in [0, 0.05) is 18.3 Å². The lowest BCUT2D eigenvalue weighted by atomic mass is 10.1. The largest absolute Gasteiger partial charge is 0.497 e. The summed E-state index contributed by atoms with van der Waals surface area (Å²) in [6, 6.07) is 10.1. The molecule has 0 fully saturated rings. The standard InChI is InChI=1S/C15H15F2NO2/c1-20-14-4-2-10(3-5-14)15(19)9-18-13-7-11(16)6-12(17)8-13/h2-8,15,18-19H,9H2,1H3. The number of hydrogen-bond acceptors (Lipinski definition) is 3. The first-order chi connectivity index (χ1) is 9.58. The molecule has 2 N–H and O–H groups in total. The van der Waals surface area contributed by atoms with Gasteiger partial charge in [0.15, 0.2) is 0 Å². The summed E-state index contributed by atoms with van der Waals surface area (Å²) in [5.41, 5.74) is 0.977. The first-order valence-corrected chi connectivity index (χ1v) is 6.10. The van der Waals surface area contributed by atoms with Crippen molar-refractivity contribution in [1.29, 1.82) is 0 Å². The van der Waals surface area contributed by atoms with Crippen LogP contribution in [0.25, 0.3) is 0 Å². The van der Waals surface area contributed by atoms with Gasteiger partial charge < -0.3 is 15.2 Å². The molecule has 0 bridgehead atoms. The van der Waals surface area contributed by atoms with Gasteiger partial charge in [-0.3, -0.25) is 0 Å². The van der Waals surface area contributed by atoms with E-state index in [1.165, 1.54) is 12.1 Å². The predicted octanol–water partition coefficient (Wildman–Crippen LogP) is 3.12. The van der Waals surface area contributed by atoms with E-state index in [0.29, 0.717) is 11.3 Å². The summed E-state index contributed by atoms with van der Waals surface area (Å²) in [4.78, 5) is 0. The SMILES string of the molecule is COc1ccc(C(O)CNc2cc(F)cc(F)c2)cc1. The number of aliphatic hydroxyl groups excluding tert-OH is 1. The molecule has 0 aliphatic carbocycles. The lowest BCUT2D eigenvalue weighted by Gasteiger charge is -2.13. The van der Waals surface area contributed by atoms with Gasteiger partial charge in [0.05, 0.1) is 13.2 Å².